The maximum atomic E-state index is 4.37. The van der Waals surface area contributed by atoms with Crippen molar-refractivity contribution in [2.24, 2.45) is 0 Å². The smallest absolute Gasteiger partial charge is 0.0570 e. The Balaban J connectivity index is 2.23. The number of hydrogen-bond donors (Lipinski definition) is 1. The van der Waals surface area contributed by atoms with Gasteiger partial charge >= 0.3 is 0 Å². The van der Waals surface area contributed by atoms with E-state index in [0.717, 1.165) is 25.3 Å². The predicted molar refractivity (Wildman–Crippen MR) is 73.1 cm³/mol. The molecule has 0 fully saturated rings. The Bertz CT molecular complexity index is 325. The van der Waals surface area contributed by atoms with E-state index in [1.807, 2.05) is 12.3 Å². The van der Waals surface area contributed by atoms with Gasteiger partial charge in [-0.2, -0.15) is 0 Å². The molecule has 0 aliphatic carbocycles. The number of aryl methyl sites for hydroxylation is 1. The molecular weight excluding hydrogens is 210 g/mol. The zero-order valence-corrected chi connectivity index (χ0v) is 11.5. The molecule has 0 aliphatic rings. The van der Waals surface area contributed by atoms with E-state index in [1.54, 1.807) is 0 Å². The van der Waals surface area contributed by atoms with Crippen molar-refractivity contribution < 1.29 is 0 Å². The molecule has 1 heterocycles. The fourth-order valence-corrected chi connectivity index (χ4v) is 1.70. The average molecular weight is 235 g/mol. The highest BCUT2D eigenvalue weighted by molar-refractivity contribution is 5.17. The highest BCUT2D eigenvalue weighted by Gasteiger charge is 2.05. The second-order valence-electron chi connectivity index (χ2n) is 4.68. The van der Waals surface area contributed by atoms with Crippen LogP contribution in [0.15, 0.2) is 18.3 Å². The van der Waals surface area contributed by atoms with Gasteiger partial charge in [0.1, 0.15) is 0 Å². The molecule has 1 unspecified atom stereocenters. The Hall–Kier alpha value is -0.930. The lowest BCUT2D eigenvalue weighted by atomic mass is 10.2. The number of rotatable bonds is 7. The molecule has 0 aromatic carbocycles. The topological polar surface area (TPSA) is 28.2 Å². The van der Waals surface area contributed by atoms with E-state index in [9.17, 15) is 0 Å². The van der Waals surface area contributed by atoms with Gasteiger partial charge in [0.2, 0.25) is 0 Å². The van der Waals surface area contributed by atoms with Gasteiger partial charge in [-0.25, -0.2) is 0 Å². The van der Waals surface area contributed by atoms with Crippen LogP contribution in [0.4, 0.5) is 0 Å². The summed E-state index contributed by atoms with van der Waals surface area (Å²) >= 11 is 0. The summed E-state index contributed by atoms with van der Waals surface area (Å²) in [6, 6.07) is 4.75. The molecule has 1 rings (SSSR count). The number of aromatic nitrogens is 1. The summed E-state index contributed by atoms with van der Waals surface area (Å²) in [5.74, 6) is 0. The molecule has 1 N–H and O–H groups in total. The molecule has 96 valence electrons. The van der Waals surface area contributed by atoms with Crippen LogP contribution in [0.1, 0.15) is 31.5 Å². The maximum absolute atomic E-state index is 4.37. The van der Waals surface area contributed by atoms with E-state index >= 15 is 0 Å². The van der Waals surface area contributed by atoms with Crippen molar-refractivity contribution in [2.75, 3.05) is 20.1 Å². The Kier molecular flexibility index (Phi) is 6.16. The van der Waals surface area contributed by atoms with Gasteiger partial charge < -0.3 is 10.2 Å². The minimum Gasteiger partial charge on any atom is -0.310 e. The van der Waals surface area contributed by atoms with Crippen LogP contribution < -0.4 is 5.32 Å². The highest BCUT2D eigenvalue weighted by Crippen LogP contribution is 2.02. The molecule has 0 radical (unpaired) electrons. The first-order chi connectivity index (χ1) is 8.15. The van der Waals surface area contributed by atoms with Crippen molar-refractivity contribution in [3.8, 4) is 0 Å². The van der Waals surface area contributed by atoms with Crippen molar-refractivity contribution in [1.29, 1.82) is 0 Å². The second kappa shape index (κ2) is 7.41. The van der Waals surface area contributed by atoms with Gasteiger partial charge in [-0.15, -0.1) is 0 Å². The number of hydrogen-bond acceptors (Lipinski definition) is 3. The van der Waals surface area contributed by atoms with Gasteiger partial charge in [0.15, 0.2) is 0 Å². The van der Waals surface area contributed by atoms with Crippen molar-refractivity contribution >= 4 is 0 Å². The SMILES string of the molecule is CCC(C)N(C)CCNCc1ncccc1C. The first kappa shape index (κ1) is 14.1. The summed E-state index contributed by atoms with van der Waals surface area (Å²) in [6.07, 6.45) is 3.06. The summed E-state index contributed by atoms with van der Waals surface area (Å²) < 4.78 is 0. The minimum absolute atomic E-state index is 0.661. The fourth-order valence-electron chi connectivity index (χ4n) is 1.70. The van der Waals surface area contributed by atoms with E-state index in [4.69, 9.17) is 0 Å². The lowest BCUT2D eigenvalue weighted by molar-refractivity contribution is 0.251. The number of nitrogens with zero attached hydrogens (tertiary/aromatic N) is 2. The molecule has 0 amide bonds. The zero-order chi connectivity index (χ0) is 12.7. The highest BCUT2D eigenvalue weighted by atomic mass is 15.1. The molecule has 0 aliphatic heterocycles. The normalized spacial score (nSPS) is 13.0. The molecule has 3 nitrogen and oxygen atoms in total. The molecule has 1 atom stereocenters. The van der Waals surface area contributed by atoms with Crippen LogP contribution in [0, 0.1) is 6.92 Å². The minimum atomic E-state index is 0.661. The summed E-state index contributed by atoms with van der Waals surface area (Å²) in [7, 11) is 2.18. The fraction of sp³-hybridized carbons (Fsp3) is 0.643. The van der Waals surface area contributed by atoms with Crippen LogP contribution in [-0.4, -0.2) is 36.1 Å². The van der Waals surface area contributed by atoms with Crippen LogP contribution in [-0.2, 0) is 6.54 Å². The van der Waals surface area contributed by atoms with E-state index in [1.165, 1.54) is 12.0 Å². The van der Waals surface area contributed by atoms with Gasteiger partial charge in [0.05, 0.1) is 5.69 Å². The summed E-state index contributed by atoms with van der Waals surface area (Å²) in [4.78, 5) is 6.76. The van der Waals surface area contributed by atoms with Gasteiger partial charge in [0.25, 0.3) is 0 Å². The van der Waals surface area contributed by atoms with Crippen molar-refractivity contribution in [1.82, 2.24) is 15.2 Å². The number of nitrogens with one attached hydrogen (secondary N) is 1. The first-order valence-corrected chi connectivity index (χ1v) is 6.46. The molecule has 0 bridgehead atoms. The molecule has 17 heavy (non-hydrogen) atoms. The van der Waals surface area contributed by atoms with Gasteiger partial charge in [-0.1, -0.05) is 13.0 Å². The summed E-state index contributed by atoms with van der Waals surface area (Å²) in [5, 5.41) is 3.45. The summed E-state index contributed by atoms with van der Waals surface area (Å²) in [6.45, 7) is 9.56. The van der Waals surface area contributed by atoms with Crippen LogP contribution in [0.2, 0.25) is 0 Å². The van der Waals surface area contributed by atoms with E-state index in [2.05, 4.69) is 49.1 Å². The standard InChI is InChI=1S/C14H25N3/c1-5-13(3)17(4)10-9-15-11-14-12(2)7-6-8-16-14/h6-8,13,15H,5,9-11H2,1-4H3. The third-order valence-electron chi connectivity index (χ3n) is 3.39. The van der Waals surface area contributed by atoms with Crippen LogP contribution in [0.3, 0.4) is 0 Å². The van der Waals surface area contributed by atoms with Crippen LogP contribution in [0.25, 0.3) is 0 Å². The van der Waals surface area contributed by atoms with Crippen molar-refractivity contribution in [3.63, 3.8) is 0 Å². The van der Waals surface area contributed by atoms with Crippen LogP contribution in [0.5, 0.6) is 0 Å². The number of likely N-dealkylation sites (N-methyl/N-ethyl adjacent to an activating group) is 1. The predicted octanol–water partition coefficient (Wildman–Crippen LogP) is 2.21. The maximum Gasteiger partial charge on any atom is 0.0570 e. The lowest BCUT2D eigenvalue weighted by Crippen LogP contribution is -2.35. The molecular formula is C14H25N3. The Morgan fingerprint density at radius 3 is 2.88 bits per heavy atom. The second-order valence-corrected chi connectivity index (χ2v) is 4.68. The third-order valence-corrected chi connectivity index (χ3v) is 3.39. The van der Waals surface area contributed by atoms with Crippen molar-refractivity contribution in [3.05, 3.63) is 29.6 Å². The quantitative estimate of drug-likeness (QED) is 0.734. The van der Waals surface area contributed by atoms with Crippen LogP contribution >= 0.6 is 0 Å². The van der Waals surface area contributed by atoms with E-state index in [0.29, 0.717) is 6.04 Å². The Morgan fingerprint density at radius 2 is 2.24 bits per heavy atom. The first-order valence-electron chi connectivity index (χ1n) is 6.46. The lowest BCUT2D eigenvalue weighted by Gasteiger charge is -2.23. The van der Waals surface area contributed by atoms with Gasteiger partial charge in [-0.05, 0) is 38.9 Å². The molecule has 1 aromatic rings. The Labute approximate surface area is 105 Å². The Morgan fingerprint density at radius 1 is 1.47 bits per heavy atom. The van der Waals surface area contributed by atoms with Gasteiger partial charge in [-0.3, -0.25) is 4.98 Å². The largest absolute Gasteiger partial charge is 0.310 e. The van der Waals surface area contributed by atoms with E-state index in [-0.39, 0.29) is 0 Å². The van der Waals surface area contributed by atoms with E-state index < -0.39 is 0 Å². The summed E-state index contributed by atoms with van der Waals surface area (Å²) in [5.41, 5.74) is 2.41. The number of pyridine rings is 1. The molecule has 0 spiro atoms. The zero-order valence-electron chi connectivity index (χ0n) is 11.5. The third kappa shape index (κ3) is 4.84. The molecule has 1 aromatic heterocycles. The van der Waals surface area contributed by atoms with Crippen molar-refractivity contribution in [2.45, 2.75) is 39.8 Å². The molecule has 0 saturated heterocycles. The average Bonchev–Trinajstić information content (AvgIpc) is 2.35. The molecule has 0 saturated carbocycles. The molecule has 3 heteroatoms. The van der Waals surface area contributed by atoms with Gasteiger partial charge in [0, 0.05) is 31.9 Å². The monoisotopic (exact) mass is 235 g/mol.